The first kappa shape index (κ1) is 24.4. The van der Waals surface area contributed by atoms with Crippen molar-refractivity contribution >= 4 is 44.3 Å². The Labute approximate surface area is 224 Å². The predicted octanol–water partition coefficient (Wildman–Crippen LogP) is 4.78. The second-order valence-corrected chi connectivity index (χ2v) is 11.0. The molecular weight excluding hydrogens is 496 g/mol. The van der Waals surface area contributed by atoms with Crippen LogP contribution in [0.1, 0.15) is 35.4 Å². The molecule has 194 valence electrons. The molecule has 1 aliphatic carbocycles. The van der Waals surface area contributed by atoms with Crippen LogP contribution in [0.25, 0.3) is 32.6 Å². The van der Waals surface area contributed by atoms with E-state index in [0.29, 0.717) is 26.7 Å². The summed E-state index contributed by atoms with van der Waals surface area (Å²) in [5, 5.41) is 4.30. The molecule has 0 bridgehead atoms. The number of carbonyl (C=O) groups excluding carboxylic acids is 1. The maximum absolute atomic E-state index is 13.5. The Bertz CT molecular complexity index is 1680. The summed E-state index contributed by atoms with van der Waals surface area (Å²) in [6, 6.07) is 19.9. The van der Waals surface area contributed by atoms with E-state index in [1.807, 2.05) is 60.8 Å². The lowest BCUT2D eigenvalue weighted by molar-refractivity contribution is 0.100. The van der Waals surface area contributed by atoms with E-state index in [1.54, 1.807) is 10.6 Å². The van der Waals surface area contributed by atoms with E-state index in [1.165, 1.54) is 37.3 Å². The number of carbonyl (C=O) groups is 1. The number of benzene rings is 2. The van der Waals surface area contributed by atoms with Crippen molar-refractivity contribution in [2.45, 2.75) is 31.7 Å². The number of primary amides is 1. The molecule has 4 heterocycles. The minimum absolute atomic E-state index is 0.240. The molecule has 0 atom stereocenters. The van der Waals surface area contributed by atoms with Gasteiger partial charge in [-0.05, 0) is 82.2 Å². The zero-order valence-electron chi connectivity index (χ0n) is 21.3. The molecule has 1 saturated carbocycles. The Morgan fingerprint density at radius 1 is 1.00 bits per heavy atom. The third-order valence-corrected chi connectivity index (χ3v) is 8.05. The van der Waals surface area contributed by atoms with Crippen LogP contribution in [0.4, 0.5) is 5.82 Å². The third kappa shape index (κ3) is 4.82. The lowest BCUT2D eigenvalue weighted by Gasteiger charge is -2.12. The number of anilines is 1. The first-order chi connectivity index (χ1) is 18.5. The molecule has 0 spiro atoms. The summed E-state index contributed by atoms with van der Waals surface area (Å²) < 4.78 is 3.71. The molecular formula is C29H30N6O2S. The van der Waals surface area contributed by atoms with E-state index < -0.39 is 5.91 Å². The van der Waals surface area contributed by atoms with Crippen LogP contribution in [0.5, 0.6) is 0 Å². The summed E-state index contributed by atoms with van der Waals surface area (Å²) in [6.07, 6.45) is 6.89. The number of rotatable bonds is 5. The molecule has 9 heteroatoms. The number of likely N-dealkylation sites (tertiary alicyclic amines) is 1. The summed E-state index contributed by atoms with van der Waals surface area (Å²) in [5.74, 6) is -0.228. The SMILES string of the molecule is CN1CCCC1.NC(=O)c1cc2c(nc(NC3CC3)c(=O)n2-c2ccc3ccn(-c4ccccc4)c3c2)s1. The summed E-state index contributed by atoms with van der Waals surface area (Å²) in [4.78, 5) is 33.1. The van der Waals surface area contributed by atoms with E-state index in [9.17, 15) is 9.59 Å². The van der Waals surface area contributed by atoms with Crippen molar-refractivity contribution in [1.29, 1.82) is 0 Å². The summed E-state index contributed by atoms with van der Waals surface area (Å²) in [6.45, 7) is 2.64. The molecule has 0 radical (unpaired) electrons. The maximum atomic E-state index is 13.5. The number of nitrogens with two attached hydrogens (primary N) is 1. The van der Waals surface area contributed by atoms with Crippen LogP contribution in [0.2, 0.25) is 0 Å². The molecule has 2 aliphatic rings. The fourth-order valence-corrected chi connectivity index (χ4v) is 5.69. The number of amides is 1. The van der Waals surface area contributed by atoms with E-state index in [2.05, 4.69) is 26.8 Å². The van der Waals surface area contributed by atoms with Gasteiger partial charge in [0.05, 0.1) is 21.6 Å². The quantitative estimate of drug-likeness (QED) is 0.344. The molecule has 2 fully saturated rings. The fraction of sp³-hybridized carbons (Fsp3) is 0.276. The molecule has 2 aromatic carbocycles. The molecule has 38 heavy (non-hydrogen) atoms. The Morgan fingerprint density at radius 3 is 2.42 bits per heavy atom. The van der Waals surface area contributed by atoms with Crippen LogP contribution in [0, 0.1) is 0 Å². The van der Waals surface area contributed by atoms with E-state index in [-0.39, 0.29) is 11.6 Å². The second kappa shape index (κ2) is 10.1. The number of fused-ring (bicyclic) bond motifs is 2. The van der Waals surface area contributed by atoms with Gasteiger partial charge in [-0.1, -0.05) is 24.3 Å². The van der Waals surface area contributed by atoms with Gasteiger partial charge in [-0.25, -0.2) is 4.98 Å². The van der Waals surface area contributed by atoms with Crippen LogP contribution >= 0.6 is 11.3 Å². The predicted molar refractivity (Wildman–Crippen MR) is 154 cm³/mol. The van der Waals surface area contributed by atoms with Crippen molar-refractivity contribution < 1.29 is 4.79 Å². The Hall–Kier alpha value is -3.95. The number of nitrogens with zero attached hydrogens (tertiary/aromatic N) is 4. The first-order valence-electron chi connectivity index (χ1n) is 13.0. The second-order valence-electron chi connectivity index (χ2n) is 9.96. The standard InChI is InChI=1S/C24H19N5O2S.C5H11N/c25-21(30)20-13-19-23(32-20)27-22(26-15-7-8-15)24(31)29(19)17-9-6-14-10-11-28(18(14)12-17)16-4-2-1-3-5-16;1-6-4-2-3-5-6/h1-6,9-13,15H,7-8H2,(H2,25,30)(H,26,27);2-5H2,1H3. The van der Waals surface area contributed by atoms with Gasteiger partial charge in [-0.2, -0.15) is 0 Å². The number of hydrogen-bond donors (Lipinski definition) is 2. The normalized spacial score (nSPS) is 15.5. The number of hydrogen-bond acceptors (Lipinski definition) is 6. The van der Waals surface area contributed by atoms with E-state index in [4.69, 9.17) is 5.73 Å². The van der Waals surface area contributed by atoms with Gasteiger partial charge in [0, 0.05) is 23.3 Å². The Balaban J connectivity index is 0.000000390. The topological polar surface area (TPSA) is 98.2 Å². The van der Waals surface area contributed by atoms with Crippen molar-refractivity contribution in [2.75, 3.05) is 25.5 Å². The average molecular weight is 527 g/mol. The minimum Gasteiger partial charge on any atom is -0.365 e. The van der Waals surface area contributed by atoms with Gasteiger partial charge >= 0.3 is 0 Å². The Kier molecular flexibility index (Phi) is 6.47. The first-order valence-corrected chi connectivity index (χ1v) is 13.8. The van der Waals surface area contributed by atoms with Gasteiger partial charge in [-0.3, -0.25) is 14.2 Å². The number of thiophene rings is 1. The van der Waals surface area contributed by atoms with Gasteiger partial charge in [0.25, 0.3) is 11.5 Å². The maximum Gasteiger partial charge on any atom is 0.298 e. The monoisotopic (exact) mass is 526 g/mol. The number of nitrogens with one attached hydrogen (secondary N) is 1. The van der Waals surface area contributed by atoms with Crippen LogP contribution < -0.4 is 16.6 Å². The zero-order valence-corrected chi connectivity index (χ0v) is 22.1. The molecule has 3 N–H and O–H groups in total. The highest BCUT2D eigenvalue weighted by molar-refractivity contribution is 7.20. The lowest BCUT2D eigenvalue weighted by atomic mass is 10.2. The minimum atomic E-state index is -0.530. The average Bonchev–Trinajstić information content (AvgIpc) is 3.27. The van der Waals surface area contributed by atoms with Gasteiger partial charge < -0.3 is 20.5 Å². The highest BCUT2D eigenvalue weighted by Crippen LogP contribution is 2.30. The molecule has 3 aromatic heterocycles. The third-order valence-electron chi connectivity index (χ3n) is 7.01. The molecule has 1 saturated heterocycles. The molecule has 7 rings (SSSR count). The van der Waals surface area contributed by atoms with Gasteiger partial charge in [0.15, 0.2) is 5.82 Å². The number of para-hydroxylation sites is 1. The van der Waals surface area contributed by atoms with Crippen molar-refractivity contribution in [3.8, 4) is 11.4 Å². The van der Waals surface area contributed by atoms with Crippen molar-refractivity contribution in [3.63, 3.8) is 0 Å². The Morgan fingerprint density at radius 2 is 1.76 bits per heavy atom. The highest BCUT2D eigenvalue weighted by atomic mass is 32.1. The van der Waals surface area contributed by atoms with Gasteiger partial charge in [0.1, 0.15) is 4.83 Å². The van der Waals surface area contributed by atoms with Crippen LogP contribution in [-0.2, 0) is 0 Å². The largest absolute Gasteiger partial charge is 0.365 e. The zero-order chi connectivity index (χ0) is 26.2. The van der Waals surface area contributed by atoms with Gasteiger partial charge in [-0.15, -0.1) is 11.3 Å². The summed E-state index contributed by atoms with van der Waals surface area (Å²) >= 11 is 1.20. The van der Waals surface area contributed by atoms with Crippen molar-refractivity contribution in [1.82, 2.24) is 19.0 Å². The molecule has 8 nitrogen and oxygen atoms in total. The lowest BCUT2D eigenvalue weighted by Crippen LogP contribution is -2.24. The number of aromatic nitrogens is 3. The molecule has 5 aromatic rings. The highest BCUT2D eigenvalue weighted by Gasteiger charge is 2.25. The summed E-state index contributed by atoms with van der Waals surface area (Å²) in [7, 11) is 2.17. The smallest absolute Gasteiger partial charge is 0.298 e. The summed E-state index contributed by atoms with van der Waals surface area (Å²) in [5.41, 5.74) is 8.57. The molecule has 1 amide bonds. The molecule has 1 aliphatic heterocycles. The van der Waals surface area contributed by atoms with E-state index >= 15 is 0 Å². The van der Waals surface area contributed by atoms with Crippen molar-refractivity contribution in [2.24, 2.45) is 5.73 Å². The van der Waals surface area contributed by atoms with Gasteiger partial charge in [0.2, 0.25) is 0 Å². The van der Waals surface area contributed by atoms with Crippen LogP contribution in [-0.4, -0.2) is 51.1 Å². The van der Waals surface area contributed by atoms with E-state index in [0.717, 1.165) is 29.4 Å². The fourth-order valence-electron chi connectivity index (χ4n) is 4.81. The van der Waals surface area contributed by atoms with Crippen LogP contribution in [0.3, 0.4) is 0 Å². The van der Waals surface area contributed by atoms with Crippen LogP contribution in [0.15, 0.2) is 71.7 Å². The van der Waals surface area contributed by atoms with Crippen molar-refractivity contribution in [3.05, 3.63) is 82.1 Å². The molecule has 0 unspecified atom stereocenters.